The van der Waals surface area contributed by atoms with Crippen LogP contribution in [0.15, 0.2) is 30.3 Å². The number of nitrogens with zero attached hydrogens (tertiary/aromatic N) is 4. The van der Waals surface area contributed by atoms with Crippen molar-refractivity contribution >= 4 is 19.5 Å². The highest BCUT2D eigenvalue weighted by Crippen LogP contribution is 2.25. The molecule has 8 nitrogen and oxygen atoms in total. The summed E-state index contributed by atoms with van der Waals surface area (Å²) in [7, 11) is -1.28. The van der Waals surface area contributed by atoms with Crippen molar-refractivity contribution in [1.29, 1.82) is 0 Å². The monoisotopic (exact) mass is 369 g/mol. The lowest BCUT2D eigenvalue weighted by Crippen LogP contribution is -2.22. The number of unbranched alkanes of at least 4 members (excludes halogenated alkanes) is 1. The van der Waals surface area contributed by atoms with Crippen LogP contribution in [0.4, 0.5) is 0 Å². The van der Waals surface area contributed by atoms with Gasteiger partial charge in [0.25, 0.3) is 0 Å². The Morgan fingerprint density at radius 3 is 2.48 bits per heavy atom. The van der Waals surface area contributed by atoms with Crippen molar-refractivity contribution in [2.75, 3.05) is 6.61 Å². The molecule has 1 aromatic heterocycles. The average Bonchev–Trinajstić information content (AvgIpc) is 3.06. The second-order valence-corrected chi connectivity index (χ2v) is 5.79. The summed E-state index contributed by atoms with van der Waals surface area (Å²) < 4.78 is 1.68. The van der Waals surface area contributed by atoms with Gasteiger partial charge in [0.2, 0.25) is 0 Å². The highest BCUT2D eigenvalue weighted by Gasteiger charge is 2.22. The molecule has 1 aromatic carbocycles. The Hall–Kier alpha value is -1.52. The van der Waals surface area contributed by atoms with Crippen LogP contribution in [0.5, 0.6) is 0 Å². The number of aliphatic hydroxyl groups is 1. The number of benzene rings is 1. The lowest BCUT2D eigenvalue weighted by molar-refractivity contribution is 0.260. The number of rotatable bonds is 10. The van der Waals surface area contributed by atoms with Crippen LogP contribution >= 0.6 is 12.4 Å². The van der Waals surface area contributed by atoms with Crippen molar-refractivity contribution in [3.05, 3.63) is 41.7 Å². The first kappa shape index (κ1) is 21.5. The Morgan fingerprint density at radius 1 is 1.12 bits per heavy atom. The van der Waals surface area contributed by atoms with Crippen molar-refractivity contribution in [2.45, 2.75) is 44.1 Å². The van der Waals surface area contributed by atoms with E-state index in [0.717, 1.165) is 12.0 Å². The number of aliphatic hydroxyl groups excluding tert-OH is 1. The number of halogens is 1. The third-order valence-electron chi connectivity index (χ3n) is 3.96. The highest BCUT2D eigenvalue weighted by atomic mass is 35.5. The number of aromatic nitrogens is 4. The summed E-state index contributed by atoms with van der Waals surface area (Å²) >= 11 is 0. The molecule has 2 aromatic rings. The summed E-state index contributed by atoms with van der Waals surface area (Å²) in [6, 6.07) is 9.22. The highest BCUT2D eigenvalue weighted by molar-refractivity contribution is 6.40. The second-order valence-electron chi connectivity index (χ2n) is 5.79. The van der Waals surface area contributed by atoms with E-state index in [4.69, 9.17) is 15.8 Å². The van der Waals surface area contributed by atoms with Crippen molar-refractivity contribution in [2.24, 2.45) is 5.73 Å². The summed E-state index contributed by atoms with van der Waals surface area (Å²) in [5, 5.41) is 39.0. The van der Waals surface area contributed by atoms with Gasteiger partial charge in [-0.25, -0.2) is 4.68 Å². The van der Waals surface area contributed by atoms with Crippen LogP contribution in [0.25, 0.3) is 0 Å². The molecule has 2 rings (SSSR count). The van der Waals surface area contributed by atoms with Gasteiger partial charge in [0.15, 0.2) is 5.82 Å². The maximum atomic E-state index is 9.39. The summed E-state index contributed by atoms with van der Waals surface area (Å²) in [6.45, 7) is 0.0164. The Kier molecular flexibility index (Phi) is 9.62. The average molecular weight is 370 g/mol. The Bertz CT molecular complexity index is 602. The fourth-order valence-electron chi connectivity index (χ4n) is 2.71. The maximum absolute atomic E-state index is 9.39. The zero-order valence-corrected chi connectivity index (χ0v) is 14.8. The van der Waals surface area contributed by atoms with Gasteiger partial charge in [0, 0.05) is 6.61 Å². The molecule has 25 heavy (non-hydrogen) atoms. The zero-order valence-electron chi connectivity index (χ0n) is 14.0. The third-order valence-corrected chi connectivity index (χ3v) is 3.96. The van der Waals surface area contributed by atoms with Gasteiger partial charge in [-0.3, -0.25) is 0 Å². The minimum atomic E-state index is -1.28. The number of nitrogens with two attached hydrogens (primary N) is 1. The van der Waals surface area contributed by atoms with Crippen LogP contribution in [0.2, 0.25) is 6.32 Å². The number of tetrazole rings is 1. The first-order valence-electron chi connectivity index (χ1n) is 8.18. The maximum Gasteiger partial charge on any atom is 0.451 e. The largest absolute Gasteiger partial charge is 0.451 e. The summed E-state index contributed by atoms with van der Waals surface area (Å²) in [4.78, 5) is 0. The van der Waals surface area contributed by atoms with E-state index < -0.39 is 7.12 Å². The van der Waals surface area contributed by atoms with Gasteiger partial charge in [-0.2, -0.15) is 0 Å². The Labute approximate surface area is 153 Å². The molecule has 10 heteroatoms. The fourth-order valence-corrected chi connectivity index (χ4v) is 2.71. The quantitative estimate of drug-likeness (QED) is 0.358. The van der Waals surface area contributed by atoms with E-state index in [9.17, 15) is 5.11 Å². The molecule has 0 radical (unpaired) electrons. The van der Waals surface area contributed by atoms with E-state index in [1.54, 1.807) is 4.68 Å². The summed E-state index contributed by atoms with van der Waals surface area (Å²) in [6.07, 6.45) is 2.89. The van der Waals surface area contributed by atoms with Gasteiger partial charge in [0.05, 0.1) is 12.1 Å². The van der Waals surface area contributed by atoms with Gasteiger partial charge in [-0.1, -0.05) is 43.2 Å². The van der Waals surface area contributed by atoms with Gasteiger partial charge in [-0.15, -0.1) is 17.5 Å². The minimum absolute atomic E-state index is 0. The van der Waals surface area contributed by atoms with Crippen molar-refractivity contribution < 1.29 is 15.2 Å². The molecule has 2 unspecified atom stereocenters. The molecule has 0 saturated heterocycles. The van der Waals surface area contributed by atoms with E-state index >= 15 is 0 Å². The molecule has 0 aliphatic carbocycles. The molecule has 0 aliphatic heterocycles. The van der Waals surface area contributed by atoms with Gasteiger partial charge in [0.1, 0.15) is 0 Å². The predicted octanol–water partition coefficient (Wildman–Crippen LogP) is 0.710. The Morgan fingerprint density at radius 2 is 1.84 bits per heavy atom. The van der Waals surface area contributed by atoms with E-state index in [0.29, 0.717) is 31.4 Å². The first-order chi connectivity index (χ1) is 11.6. The lowest BCUT2D eigenvalue weighted by atomic mass is 9.83. The van der Waals surface area contributed by atoms with Gasteiger partial charge in [-0.05, 0) is 35.2 Å². The lowest BCUT2D eigenvalue weighted by Gasteiger charge is -2.20. The molecule has 0 aliphatic rings. The van der Waals surface area contributed by atoms with Crippen LogP contribution in [0, 0.1) is 0 Å². The molecule has 0 amide bonds. The van der Waals surface area contributed by atoms with Crippen LogP contribution in [-0.4, -0.2) is 49.1 Å². The summed E-state index contributed by atoms with van der Waals surface area (Å²) in [5.41, 5.74) is 7.23. The molecule has 0 spiro atoms. The SMILES string of the molecule is Cl.NC(CCCCB(O)O)c1nnnn1C(CCO)c1ccccc1. The fraction of sp³-hybridized carbons (Fsp3) is 0.533. The number of hydrogen-bond acceptors (Lipinski definition) is 7. The molecular weight excluding hydrogens is 344 g/mol. The van der Waals surface area contributed by atoms with E-state index in [1.165, 1.54) is 0 Å². The van der Waals surface area contributed by atoms with Gasteiger partial charge < -0.3 is 20.9 Å². The van der Waals surface area contributed by atoms with Crippen LogP contribution < -0.4 is 5.73 Å². The van der Waals surface area contributed by atoms with Crippen LogP contribution in [-0.2, 0) is 0 Å². The van der Waals surface area contributed by atoms with Crippen LogP contribution in [0.1, 0.15) is 49.2 Å². The predicted molar refractivity (Wildman–Crippen MR) is 97.1 cm³/mol. The Balaban J connectivity index is 0.00000312. The summed E-state index contributed by atoms with van der Waals surface area (Å²) in [5.74, 6) is 0.571. The zero-order chi connectivity index (χ0) is 17.4. The van der Waals surface area contributed by atoms with Crippen molar-refractivity contribution in [1.82, 2.24) is 20.2 Å². The van der Waals surface area contributed by atoms with E-state index in [1.807, 2.05) is 30.3 Å². The normalized spacial score (nSPS) is 13.1. The molecular formula is C15H25BClN5O3. The van der Waals surface area contributed by atoms with Crippen molar-refractivity contribution in [3.8, 4) is 0 Å². The second kappa shape index (κ2) is 11.2. The minimum Gasteiger partial charge on any atom is -0.427 e. The van der Waals surface area contributed by atoms with Crippen LogP contribution in [0.3, 0.4) is 0 Å². The molecule has 0 saturated carbocycles. The van der Waals surface area contributed by atoms with E-state index in [2.05, 4.69) is 15.5 Å². The third kappa shape index (κ3) is 6.37. The molecule has 138 valence electrons. The first-order valence-corrected chi connectivity index (χ1v) is 8.18. The molecule has 2 atom stereocenters. The molecule has 0 fully saturated rings. The molecule has 0 bridgehead atoms. The standard InChI is InChI=1S/C15H24BN5O3.ClH/c17-13(8-4-5-10-16(23)24)15-18-19-20-21(15)14(9-11-22)12-6-2-1-3-7-12;/h1-3,6-7,13-14,22-24H,4-5,8-11,17H2;1H. The van der Waals surface area contributed by atoms with Gasteiger partial charge >= 0.3 is 7.12 Å². The smallest absolute Gasteiger partial charge is 0.427 e. The molecule has 5 N–H and O–H groups in total. The molecule has 1 heterocycles. The van der Waals surface area contributed by atoms with E-state index in [-0.39, 0.29) is 31.1 Å². The number of hydrogen-bond donors (Lipinski definition) is 4. The topological polar surface area (TPSA) is 130 Å². The van der Waals surface area contributed by atoms with Crippen molar-refractivity contribution in [3.63, 3.8) is 0 Å².